The SMILES string of the molecule is CCNc1ccc(C(=O)N2CCC(C(C)O)C2)c(C)c1. The summed E-state index contributed by atoms with van der Waals surface area (Å²) in [5.74, 6) is 0.286. The summed E-state index contributed by atoms with van der Waals surface area (Å²) in [5.41, 5.74) is 2.80. The number of nitrogens with zero attached hydrogens (tertiary/aromatic N) is 1. The number of hydrogen-bond acceptors (Lipinski definition) is 3. The maximum absolute atomic E-state index is 12.5. The molecule has 1 saturated heterocycles. The van der Waals surface area contributed by atoms with Crippen LogP contribution in [0.3, 0.4) is 0 Å². The Hall–Kier alpha value is -1.55. The molecule has 0 radical (unpaired) electrons. The van der Waals surface area contributed by atoms with E-state index in [1.165, 1.54) is 0 Å². The van der Waals surface area contributed by atoms with Crippen LogP contribution >= 0.6 is 0 Å². The minimum atomic E-state index is -0.343. The van der Waals surface area contributed by atoms with E-state index >= 15 is 0 Å². The van der Waals surface area contributed by atoms with Gasteiger partial charge in [-0.15, -0.1) is 0 Å². The third kappa shape index (κ3) is 3.12. The van der Waals surface area contributed by atoms with E-state index in [1.807, 2.05) is 30.0 Å². The maximum Gasteiger partial charge on any atom is 0.254 e. The molecule has 2 unspecified atom stereocenters. The van der Waals surface area contributed by atoms with Gasteiger partial charge in [0.05, 0.1) is 6.10 Å². The molecule has 110 valence electrons. The minimum Gasteiger partial charge on any atom is -0.393 e. The molecule has 1 aromatic rings. The molecule has 1 aliphatic rings. The minimum absolute atomic E-state index is 0.0775. The number of likely N-dealkylation sites (tertiary alicyclic amines) is 1. The maximum atomic E-state index is 12.5. The van der Waals surface area contributed by atoms with Crippen molar-refractivity contribution in [2.75, 3.05) is 25.0 Å². The molecule has 0 spiro atoms. The van der Waals surface area contributed by atoms with Crippen LogP contribution in [0, 0.1) is 12.8 Å². The molecule has 0 aromatic heterocycles. The molecule has 20 heavy (non-hydrogen) atoms. The van der Waals surface area contributed by atoms with Gasteiger partial charge >= 0.3 is 0 Å². The first-order valence-electron chi connectivity index (χ1n) is 7.34. The summed E-state index contributed by atoms with van der Waals surface area (Å²) in [6.45, 7) is 8.09. The number of amides is 1. The molecule has 1 amide bonds. The Morgan fingerprint density at radius 1 is 1.55 bits per heavy atom. The fourth-order valence-electron chi connectivity index (χ4n) is 2.75. The molecule has 1 heterocycles. The van der Waals surface area contributed by atoms with Crippen molar-refractivity contribution in [2.45, 2.75) is 33.3 Å². The van der Waals surface area contributed by atoms with Crippen molar-refractivity contribution in [3.63, 3.8) is 0 Å². The van der Waals surface area contributed by atoms with E-state index in [0.29, 0.717) is 6.54 Å². The number of hydrogen-bond donors (Lipinski definition) is 2. The van der Waals surface area contributed by atoms with Gasteiger partial charge in [0.25, 0.3) is 5.91 Å². The van der Waals surface area contributed by atoms with Crippen molar-refractivity contribution >= 4 is 11.6 Å². The van der Waals surface area contributed by atoms with Gasteiger partial charge < -0.3 is 15.3 Å². The second-order valence-corrected chi connectivity index (χ2v) is 5.60. The zero-order chi connectivity index (χ0) is 14.7. The largest absolute Gasteiger partial charge is 0.393 e. The second-order valence-electron chi connectivity index (χ2n) is 5.60. The van der Waals surface area contributed by atoms with Crippen molar-refractivity contribution in [1.29, 1.82) is 0 Å². The van der Waals surface area contributed by atoms with Gasteiger partial charge in [-0.25, -0.2) is 0 Å². The molecule has 2 atom stereocenters. The third-order valence-electron chi connectivity index (χ3n) is 4.03. The fourth-order valence-corrected chi connectivity index (χ4v) is 2.75. The van der Waals surface area contributed by atoms with Crippen molar-refractivity contribution in [1.82, 2.24) is 4.90 Å². The van der Waals surface area contributed by atoms with Crippen LogP contribution in [-0.2, 0) is 0 Å². The van der Waals surface area contributed by atoms with Gasteiger partial charge in [-0.1, -0.05) is 0 Å². The Balaban J connectivity index is 2.10. The first-order chi connectivity index (χ1) is 9.52. The summed E-state index contributed by atoms with van der Waals surface area (Å²) in [6.07, 6.45) is 0.544. The number of aliphatic hydroxyl groups excluding tert-OH is 1. The van der Waals surface area contributed by atoms with Crippen LogP contribution in [0.5, 0.6) is 0 Å². The number of rotatable bonds is 4. The van der Waals surface area contributed by atoms with Crippen LogP contribution < -0.4 is 5.32 Å². The molecule has 1 aliphatic heterocycles. The number of aryl methyl sites for hydroxylation is 1. The molecule has 0 aliphatic carbocycles. The van der Waals surface area contributed by atoms with E-state index < -0.39 is 0 Å². The number of carbonyl (C=O) groups excluding carboxylic acids is 1. The van der Waals surface area contributed by atoms with Gasteiger partial charge in [0.2, 0.25) is 0 Å². The Morgan fingerprint density at radius 2 is 2.30 bits per heavy atom. The molecular formula is C16H24N2O2. The van der Waals surface area contributed by atoms with Gasteiger partial charge in [0.15, 0.2) is 0 Å². The zero-order valence-corrected chi connectivity index (χ0v) is 12.5. The van der Waals surface area contributed by atoms with Crippen LogP contribution in [0.2, 0.25) is 0 Å². The number of carbonyl (C=O) groups is 1. The standard InChI is InChI=1S/C16H24N2O2/c1-4-17-14-5-6-15(11(2)9-14)16(20)18-8-7-13(10-18)12(3)19/h5-6,9,12-13,17,19H,4,7-8,10H2,1-3H3. The highest BCUT2D eigenvalue weighted by Gasteiger charge is 2.30. The first kappa shape index (κ1) is 14.9. The van der Waals surface area contributed by atoms with Crippen LogP contribution in [-0.4, -0.2) is 41.7 Å². The number of nitrogens with one attached hydrogen (secondary N) is 1. The second kappa shape index (κ2) is 6.27. The highest BCUT2D eigenvalue weighted by Crippen LogP contribution is 2.23. The average molecular weight is 276 g/mol. The highest BCUT2D eigenvalue weighted by molar-refractivity contribution is 5.96. The smallest absolute Gasteiger partial charge is 0.254 e. The lowest BCUT2D eigenvalue weighted by Crippen LogP contribution is -2.30. The molecule has 4 nitrogen and oxygen atoms in total. The Labute approximate surface area is 120 Å². The predicted octanol–water partition coefficient (Wildman–Crippen LogP) is 2.27. The quantitative estimate of drug-likeness (QED) is 0.887. The van der Waals surface area contributed by atoms with E-state index in [2.05, 4.69) is 12.2 Å². The highest BCUT2D eigenvalue weighted by atomic mass is 16.3. The van der Waals surface area contributed by atoms with Crippen molar-refractivity contribution in [3.8, 4) is 0 Å². The average Bonchev–Trinajstić information content (AvgIpc) is 2.88. The molecule has 4 heteroatoms. The van der Waals surface area contributed by atoms with Gasteiger partial charge in [-0.05, 0) is 51.0 Å². The molecular weight excluding hydrogens is 252 g/mol. The lowest BCUT2D eigenvalue weighted by atomic mass is 10.0. The number of anilines is 1. The van der Waals surface area contributed by atoms with Crippen LogP contribution in [0.15, 0.2) is 18.2 Å². The van der Waals surface area contributed by atoms with E-state index in [0.717, 1.165) is 36.3 Å². The summed E-state index contributed by atoms with van der Waals surface area (Å²) in [5, 5.41) is 12.9. The third-order valence-corrected chi connectivity index (χ3v) is 4.03. The van der Waals surface area contributed by atoms with Crippen LogP contribution in [0.1, 0.15) is 36.2 Å². The lowest BCUT2D eigenvalue weighted by molar-refractivity contribution is 0.0762. The van der Waals surface area contributed by atoms with Crippen molar-refractivity contribution < 1.29 is 9.90 Å². The summed E-state index contributed by atoms with van der Waals surface area (Å²) in [6, 6.07) is 5.86. The molecule has 2 rings (SSSR count). The molecule has 1 fully saturated rings. The summed E-state index contributed by atoms with van der Waals surface area (Å²) in [4.78, 5) is 14.4. The monoisotopic (exact) mass is 276 g/mol. The Morgan fingerprint density at radius 3 is 2.85 bits per heavy atom. The fraction of sp³-hybridized carbons (Fsp3) is 0.562. The van der Waals surface area contributed by atoms with E-state index in [4.69, 9.17) is 0 Å². The van der Waals surface area contributed by atoms with Crippen LogP contribution in [0.4, 0.5) is 5.69 Å². The first-order valence-corrected chi connectivity index (χ1v) is 7.34. The van der Waals surface area contributed by atoms with Crippen LogP contribution in [0.25, 0.3) is 0 Å². The topological polar surface area (TPSA) is 52.6 Å². The van der Waals surface area contributed by atoms with Gasteiger partial charge in [-0.2, -0.15) is 0 Å². The Kier molecular flexibility index (Phi) is 4.65. The number of benzene rings is 1. The van der Waals surface area contributed by atoms with Gasteiger partial charge in [0, 0.05) is 36.8 Å². The number of aliphatic hydroxyl groups is 1. The predicted molar refractivity (Wildman–Crippen MR) is 81.0 cm³/mol. The van der Waals surface area contributed by atoms with E-state index in [9.17, 15) is 9.90 Å². The van der Waals surface area contributed by atoms with Crippen molar-refractivity contribution in [3.05, 3.63) is 29.3 Å². The molecule has 0 saturated carbocycles. The summed E-state index contributed by atoms with van der Waals surface area (Å²) >= 11 is 0. The summed E-state index contributed by atoms with van der Waals surface area (Å²) < 4.78 is 0. The zero-order valence-electron chi connectivity index (χ0n) is 12.5. The molecule has 1 aromatic carbocycles. The van der Waals surface area contributed by atoms with Crippen molar-refractivity contribution in [2.24, 2.45) is 5.92 Å². The molecule has 0 bridgehead atoms. The summed E-state index contributed by atoms with van der Waals surface area (Å²) in [7, 11) is 0. The van der Waals surface area contributed by atoms with E-state index in [1.54, 1.807) is 6.92 Å². The van der Waals surface area contributed by atoms with Gasteiger partial charge in [0.1, 0.15) is 0 Å². The van der Waals surface area contributed by atoms with E-state index in [-0.39, 0.29) is 17.9 Å². The normalized spacial score (nSPS) is 20.0. The van der Waals surface area contributed by atoms with Gasteiger partial charge in [-0.3, -0.25) is 4.79 Å². The Bertz CT molecular complexity index is 485. The molecule has 2 N–H and O–H groups in total. The lowest BCUT2D eigenvalue weighted by Gasteiger charge is -2.19.